The molecule has 1 aliphatic heterocycles. The highest BCUT2D eigenvalue weighted by molar-refractivity contribution is 7.99. The molecular formula is C39H25N3S. The van der Waals surface area contributed by atoms with Crippen molar-refractivity contribution >= 4 is 55.2 Å². The fourth-order valence-electron chi connectivity index (χ4n) is 7.66. The molecule has 2 aliphatic rings. The first-order chi connectivity index (χ1) is 21.1. The molecule has 0 saturated heterocycles. The van der Waals surface area contributed by atoms with Crippen LogP contribution in [0.1, 0.15) is 25.0 Å². The van der Waals surface area contributed by atoms with Crippen LogP contribution >= 0.6 is 11.8 Å². The van der Waals surface area contributed by atoms with Crippen molar-refractivity contribution in [1.82, 2.24) is 14.5 Å². The summed E-state index contributed by atoms with van der Waals surface area (Å²) in [7, 11) is 0. The molecule has 202 valence electrons. The molecule has 0 bridgehead atoms. The Kier molecular flexibility index (Phi) is 4.46. The lowest BCUT2D eigenvalue weighted by Crippen LogP contribution is -2.15. The minimum absolute atomic E-state index is 0.150. The molecule has 0 spiro atoms. The van der Waals surface area contributed by atoms with E-state index >= 15 is 0 Å². The summed E-state index contributed by atoms with van der Waals surface area (Å²) in [6, 6.07) is 41.9. The van der Waals surface area contributed by atoms with Crippen molar-refractivity contribution in [3.05, 3.63) is 126 Å². The summed E-state index contributed by atoms with van der Waals surface area (Å²) < 4.78 is 2.29. The summed E-state index contributed by atoms with van der Waals surface area (Å²) in [6.07, 6.45) is 0. The van der Waals surface area contributed by atoms with Gasteiger partial charge in [-0.1, -0.05) is 104 Å². The van der Waals surface area contributed by atoms with Crippen molar-refractivity contribution in [3.8, 4) is 28.3 Å². The molecule has 0 unspecified atom stereocenters. The highest BCUT2D eigenvalue weighted by Crippen LogP contribution is 2.53. The quantitative estimate of drug-likeness (QED) is 0.198. The van der Waals surface area contributed by atoms with Gasteiger partial charge in [-0.2, -0.15) is 0 Å². The van der Waals surface area contributed by atoms with Gasteiger partial charge in [0.25, 0.3) is 0 Å². The average Bonchev–Trinajstić information content (AvgIpc) is 3.48. The van der Waals surface area contributed by atoms with E-state index in [0.29, 0.717) is 5.95 Å². The van der Waals surface area contributed by atoms with Crippen molar-refractivity contribution in [2.24, 2.45) is 0 Å². The fraction of sp³-hybridized carbons (Fsp3) is 0.0769. The Labute approximate surface area is 252 Å². The molecule has 43 heavy (non-hydrogen) atoms. The maximum atomic E-state index is 5.36. The Hall–Kier alpha value is -4.93. The topological polar surface area (TPSA) is 30.7 Å². The van der Waals surface area contributed by atoms with E-state index in [9.17, 15) is 0 Å². The molecule has 6 aromatic carbocycles. The molecule has 0 amide bonds. The van der Waals surface area contributed by atoms with Gasteiger partial charge in [0, 0.05) is 36.9 Å². The van der Waals surface area contributed by atoms with Crippen LogP contribution in [0.25, 0.3) is 71.8 Å². The molecule has 4 heteroatoms. The van der Waals surface area contributed by atoms with Crippen LogP contribution in [0.4, 0.5) is 0 Å². The van der Waals surface area contributed by atoms with Crippen LogP contribution in [0, 0.1) is 0 Å². The number of hydrogen-bond acceptors (Lipinski definition) is 3. The van der Waals surface area contributed by atoms with Gasteiger partial charge in [0.2, 0.25) is 5.95 Å². The monoisotopic (exact) mass is 567 g/mol. The van der Waals surface area contributed by atoms with Gasteiger partial charge in [0.05, 0.1) is 22.2 Å². The maximum absolute atomic E-state index is 5.36. The zero-order valence-corrected chi connectivity index (χ0v) is 24.5. The summed E-state index contributed by atoms with van der Waals surface area (Å²) >= 11 is 1.80. The van der Waals surface area contributed by atoms with Gasteiger partial charge in [0.15, 0.2) is 0 Å². The van der Waals surface area contributed by atoms with E-state index in [1.807, 2.05) is 0 Å². The van der Waals surface area contributed by atoms with Crippen LogP contribution in [-0.4, -0.2) is 14.5 Å². The Bertz CT molecular complexity index is 2520. The summed E-state index contributed by atoms with van der Waals surface area (Å²) in [6.45, 7) is 4.74. The van der Waals surface area contributed by atoms with E-state index in [0.717, 1.165) is 27.6 Å². The summed E-state index contributed by atoms with van der Waals surface area (Å²) in [5.74, 6) is 0.714. The highest BCUT2D eigenvalue weighted by atomic mass is 32.2. The number of hydrogen-bond donors (Lipinski definition) is 0. The second-order valence-corrected chi connectivity index (χ2v) is 13.3. The molecule has 0 atom stereocenters. The summed E-state index contributed by atoms with van der Waals surface area (Å²) in [4.78, 5) is 13.1. The number of para-hydroxylation sites is 1. The minimum Gasteiger partial charge on any atom is -0.278 e. The molecule has 10 rings (SSSR count). The minimum atomic E-state index is -0.150. The third-order valence-electron chi connectivity index (χ3n) is 9.56. The van der Waals surface area contributed by atoms with Crippen LogP contribution in [-0.2, 0) is 5.41 Å². The van der Waals surface area contributed by atoms with Crippen LogP contribution in [0.15, 0.2) is 125 Å². The van der Waals surface area contributed by atoms with Gasteiger partial charge in [-0.15, -0.1) is 0 Å². The van der Waals surface area contributed by atoms with Crippen LogP contribution in [0.3, 0.4) is 0 Å². The molecule has 3 nitrogen and oxygen atoms in total. The molecule has 8 aromatic rings. The van der Waals surface area contributed by atoms with Gasteiger partial charge in [-0.25, -0.2) is 9.97 Å². The van der Waals surface area contributed by atoms with Crippen molar-refractivity contribution in [3.63, 3.8) is 0 Å². The van der Waals surface area contributed by atoms with Gasteiger partial charge in [-0.05, 0) is 69.4 Å². The van der Waals surface area contributed by atoms with E-state index < -0.39 is 0 Å². The molecule has 0 N–H and O–H groups in total. The van der Waals surface area contributed by atoms with Gasteiger partial charge < -0.3 is 0 Å². The van der Waals surface area contributed by atoms with Crippen LogP contribution < -0.4 is 0 Å². The highest BCUT2D eigenvalue weighted by Gasteiger charge is 2.38. The van der Waals surface area contributed by atoms with E-state index in [-0.39, 0.29) is 5.41 Å². The van der Waals surface area contributed by atoms with E-state index in [1.165, 1.54) is 59.2 Å². The number of benzene rings is 6. The number of nitrogens with zero attached hydrogens (tertiary/aromatic N) is 3. The predicted molar refractivity (Wildman–Crippen MR) is 179 cm³/mol. The number of fused-ring (bicyclic) bond motifs is 10. The lowest BCUT2D eigenvalue weighted by molar-refractivity contribution is 0.667. The van der Waals surface area contributed by atoms with Crippen LogP contribution in [0.5, 0.6) is 0 Å². The fourth-order valence-corrected chi connectivity index (χ4v) is 8.77. The van der Waals surface area contributed by atoms with Gasteiger partial charge >= 0.3 is 0 Å². The molecule has 0 saturated carbocycles. The molecule has 2 aromatic heterocycles. The van der Waals surface area contributed by atoms with Crippen molar-refractivity contribution in [1.29, 1.82) is 0 Å². The first kappa shape index (κ1) is 23.6. The SMILES string of the molecule is CC1(C)c2cc3c(cc2-c2ccc4ccccc4c21)c1ccccc1n3-c1nc2c3c(cccc3n1)Sc1ccccc1-2. The Morgan fingerprint density at radius 3 is 2.33 bits per heavy atom. The Morgan fingerprint density at radius 2 is 1.40 bits per heavy atom. The second-order valence-electron chi connectivity index (χ2n) is 12.2. The summed E-state index contributed by atoms with van der Waals surface area (Å²) in [5.41, 5.74) is 10.7. The molecular weight excluding hydrogens is 543 g/mol. The van der Waals surface area contributed by atoms with Crippen LogP contribution in [0.2, 0.25) is 0 Å². The maximum Gasteiger partial charge on any atom is 0.235 e. The average molecular weight is 568 g/mol. The normalized spacial score (nSPS) is 14.4. The number of aromatic nitrogens is 3. The van der Waals surface area contributed by atoms with E-state index in [1.54, 1.807) is 11.8 Å². The summed E-state index contributed by atoms with van der Waals surface area (Å²) in [5, 5.41) is 6.21. The third-order valence-corrected chi connectivity index (χ3v) is 10.7. The largest absolute Gasteiger partial charge is 0.278 e. The smallest absolute Gasteiger partial charge is 0.235 e. The zero-order valence-electron chi connectivity index (χ0n) is 23.7. The Morgan fingerprint density at radius 1 is 0.605 bits per heavy atom. The molecule has 0 fully saturated rings. The van der Waals surface area contributed by atoms with Crippen molar-refractivity contribution in [2.45, 2.75) is 29.1 Å². The molecule has 1 aliphatic carbocycles. The molecule has 3 heterocycles. The van der Waals surface area contributed by atoms with Gasteiger partial charge in [-0.3, -0.25) is 4.57 Å². The van der Waals surface area contributed by atoms with E-state index in [4.69, 9.17) is 9.97 Å². The number of rotatable bonds is 1. The lowest BCUT2D eigenvalue weighted by Gasteiger charge is -2.23. The molecule has 0 radical (unpaired) electrons. The first-order valence-corrected chi connectivity index (χ1v) is 15.6. The van der Waals surface area contributed by atoms with Crippen molar-refractivity contribution < 1.29 is 0 Å². The second kappa shape index (κ2) is 8.12. The zero-order chi connectivity index (χ0) is 28.4. The van der Waals surface area contributed by atoms with Gasteiger partial charge in [0.1, 0.15) is 0 Å². The predicted octanol–water partition coefficient (Wildman–Crippen LogP) is 10.3. The lowest BCUT2D eigenvalue weighted by atomic mass is 9.80. The van der Waals surface area contributed by atoms with Crippen molar-refractivity contribution in [2.75, 3.05) is 0 Å². The third kappa shape index (κ3) is 3.01. The standard InChI is InChI=1S/C39H25N3S/c1-39(2)29-21-32-28(20-27(29)25-19-18-22-10-3-4-11-23(22)36(25)39)24-12-5-7-15-31(24)42(32)38-40-30-14-9-17-34-35(30)37(41-38)26-13-6-8-16-33(26)43-34/h3-21H,1-2H3. The first-order valence-electron chi connectivity index (χ1n) is 14.8. The Balaban J connectivity index is 1.31. The van der Waals surface area contributed by atoms with E-state index in [2.05, 4.69) is 134 Å².